The van der Waals surface area contributed by atoms with E-state index in [9.17, 15) is 14.4 Å². The van der Waals surface area contributed by atoms with Crippen molar-refractivity contribution in [2.75, 3.05) is 39.8 Å². The van der Waals surface area contributed by atoms with Gasteiger partial charge in [0.15, 0.2) is 0 Å². The summed E-state index contributed by atoms with van der Waals surface area (Å²) in [7, 11) is 1.32. The summed E-state index contributed by atoms with van der Waals surface area (Å²) in [5, 5.41) is 0. The average molecular weight is 335 g/mol. The highest BCUT2D eigenvalue weighted by molar-refractivity contribution is 5.89. The van der Waals surface area contributed by atoms with Crippen molar-refractivity contribution >= 4 is 18.0 Å². The monoisotopic (exact) mass is 335 g/mol. The number of methoxy groups -OCH3 is 1. The zero-order chi connectivity index (χ0) is 17.5. The topological polar surface area (TPSA) is 102 Å². The van der Waals surface area contributed by atoms with Crippen molar-refractivity contribution in [3.63, 3.8) is 0 Å². The molecule has 1 aliphatic rings. The van der Waals surface area contributed by atoms with Gasteiger partial charge in [-0.25, -0.2) is 9.59 Å². The molecule has 130 valence electrons. The lowest BCUT2D eigenvalue weighted by atomic mass is 10.1. The van der Waals surface area contributed by atoms with Crippen LogP contribution < -0.4 is 5.73 Å². The van der Waals surface area contributed by atoms with E-state index in [1.54, 1.807) is 34.1 Å². The van der Waals surface area contributed by atoms with Crippen LogP contribution >= 0.6 is 0 Å². The Labute approximate surface area is 140 Å². The molecule has 24 heavy (non-hydrogen) atoms. The summed E-state index contributed by atoms with van der Waals surface area (Å²) in [6.45, 7) is 1.85. The quantitative estimate of drug-likeness (QED) is 0.789. The zero-order valence-electron chi connectivity index (χ0n) is 13.6. The van der Waals surface area contributed by atoms with Crippen molar-refractivity contribution < 1.29 is 23.9 Å². The van der Waals surface area contributed by atoms with E-state index >= 15 is 0 Å². The number of hydrogen-bond donors (Lipinski definition) is 1. The number of carbonyl (C=O) groups is 3. The summed E-state index contributed by atoms with van der Waals surface area (Å²) in [5.41, 5.74) is 6.53. The van der Waals surface area contributed by atoms with Crippen molar-refractivity contribution in [3.05, 3.63) is 35.4 Å². The standard InChI is InChI=1S/C16H21N3O5/c1-23-15(21)13-4-2-12(3-5-13)11-24-16(22)19-8-6-18(7-9-19)14(20)10-17/h2-5H,6-11,17H2,1H3. The van der Waals surface area contributed by atoms with Crippen LogP contribution in [0.2, 0.25) is 0 Å². The molecule has 0 spiro atoms. The third kappa shape index (κ3) is 4.45. The Morgan fingerprint density at radius 3 is 2.17 bits per heavy atom. The fraction of sp³-hybridized carbons (Fsp3) is 0.438. The number of hydrogen-bond acceptors (Lipinski definition) is 6. The van der Waals surface area contributed by atoms with Gasteiger partial charge in [-0.1, -0.05) is 12.1 Å². The number of benzene rings is 1. The summed E-state index contributed by atoms with van der Waals surface area (Å²) in [4.78, 5) is 38.1. The molecule has 0 atom stereocenters. The van der Waals surface area contributed by atoms with Crippen LogP contribution in [-0.2, 0) is 20.9 Å². The molecule has 1 saturated heterocycles. The molecular formula is C16H21N3O5. The molecule has 0 bridgehead atoms. The van der Waals surface area contributed by atoms with Crippen LogP contribution in [-0.4, -0.2) is 67.6 Å². The van der Waals surface area contributed by atoms with Crippen molar-refractivity contribution in [2.24, 2.45) is 5.73 Å². The van der Waals surface area contributed by atoms with Crippen LogP contribution in [0.1, 0.15) is 15.9 Å². The number of ether oxygens (including phenoxy) is 2. The highest BCUT2D eigenvalue weighted by atomic mass is 16.6. The van der Waals surface area contributed by atoms with Crippen LogP contribution in [0.15, 0.2) is 24.3 Å². The highest BCUT2D eigenvalue weighted by Crippen LogP contribution is 2.09. The molecule has 0 saturated carbocycles. The van der Waals surface area contributed by atoms with E-state index in [1.807, 2.05) is 0 Å². The number of nitrogens with zero attached hydrogens (tertiary/aromatic N) is 2. The zero-order valence-corrected chi connectivity index (χ0v) is 13.6. The second-order valence-electron chi connectivity index (χ2n) is 5.32. The van der Waals surface area contributed by atoms with Crippen LogP contribution in [0.3, 0.4) is 0 Å². The Bertz CT molecular complexity index is 594. The Morgan fingerprint density at radius 1 is 1.04 bits per heavy atom. The second kappa shape index (κ2) is 8.30. The Kier molecular flexibility index (Phi) is 6.14. The van der Waals surface area contributed by atoms with Crippen LogP contribution in [0, 0.1) is 0 Å². The van der Waals surface area contributed by atoms with E-state index < -0.39 is 12.1 Å². The summed E-state index contributed by atoms with van der Waals surface area (Å²) < 4.78 is 9.88. The molecule has 2 N–H and O–H groups in total. The lowest BCUT2D eigenvalue weighted by Crippen LogP contribution is -2.52. The normalized spacial score (nSPS) is 14.2. The second-order valence-corrected chi connectivity index (χ2v) is 5.32. The smallest absolute Gasteiger partial charge is 0.410 e. The van der Waals surface area contributed by atoms with Gasteiger partial charge in [0.2, 0.25) is 5.91 Å². The molecule has 0 aromatic heterocycles. The Morgan fingerprint density at radius 2 is 1.62 bits per heavy atom. The summed E-state index contributed by atoms with van der Waals surface area (Å²) in [5.74, 6) is -0.530. The van der Waals surface area contributed by atoms with Gasteiger partial charge in [-0.15, -0.1) is 0 Å². The van der Waals surface area contributed by atoms with Gasteiger partial charge in [-0.3, -0.25) is 4.79 Å². The molecule has 2 amide bonds. The Balaban J connectivity index is 1.79. The molecule has 1 fully saturated rings. The van der Waals surface area contributed by atoms with Crippen LogP contribution in [0.4, 0.5) is 4.79 Å². The molecule has 1 aromatic rings. The molecular weight excluding hydrogens is 314 g/mol. The maximum atomic E-state index is 12.0. The maximum Gasteiger partial charge on any atom is 0.410 e. The number of piperazine rings is 1. The molecule has 0 radical (unpaired) electrons. The molecule has 8 heteroatoms. The predicted molar refractivity (Wildman–Crippen MR) is 85.2 cm³/mol. The molecule has 2 rings (SSSR count). The summed E-state index contributed by atoms with van der Waals surface area (Å²) >= 11 is 0. The third-order valence-corrected chi connectivity index (χ3v) is 3.80. The van der Waals surface area contributed by atoms with Gasteiger partial charge in [0, 0.05) is 26.2 Å². The number of carbonyl (C=O) groups excluding carboxylic acids is 3. The summed E-state index contributed by atoms with van der Waals surface area (Å²) in [6, 6.07) is 6.65. The van der Waals surface area contributed by atoms with Crippen LogP contribution in [0.25, 0.3) is 0 Å². The minimum absolute atomic E-state index is 0.0218. The van der Waals surface area contributed by atoms with Crippen LogP contribution in [0.5, 0.6) is 0 Å². The molecule has 0 unspecified atom stereocenters. The minimum atomic E-state index is -0.424. The van der Waals surface area contributed by atoms with Gasteiger partial charge in [0.25, 0.3) is 0 Å². The SMILES string of the molecule is COC(=O)c1ccc(COC(=O)N2CCN(C(=O)CN)CC2)cc1. The largest absolute Gasteiger partial charge is 0.465 e. The minimum Gasteiger partial charge on any atom is -0.465 e. The lowest BCUT2D eigenvalue weighted by molar-refractivity contribution is -0.131. The van der Waals surface area contributed by atoms with E-state index in [0.717, 1.165) is 5.56 Å². The van der Waals surface area contributed by atoms with Gasteiger partial charge in [-0.2, -0.15) is 0 Å². The third-order valence-electron chi connectivity index (χ3n) is 3.80. The van der Waals surface area contributed by atoms with Crippen molar-refractivity contribution in [2.45, 2.75) is 6.61 Å². The predicted octanol–water partition coefficient (Wildman–Crippen LogP) is 0.213. The van der Waals surface area contributed by atoms with E-state index in [4.69, 9.17) is 10.5 Å². The first kappa shape index (κ1) is 17.7. The molecule has 1 aromatic carbocycles. The van der Waals surface area contributed by atoms with Gasteiger partial charge < -0.3 is 25.0 Å². The average Bonchev–Trinajstić information content (AvgIpc) is 2.65. The van der Waals surface area contributed by atoms with E-state index in [1.165, 1.54) is 7.11 Å². The molecule has 8 nitrogen and oxygen atoms in total. The number of amides is 2. The fourth-order valence-corrected chi connectivity index (χ4v) is 2.36. The lowest BCUT2D eigenvalue weighted by Gasteiger charge is -2.33. The van der Waals surface area contributed by atoms with Gasteiger partial charge in [0.05, 0.1) is 19.2 Å². The number of rotatable bonds is 4. The van der Waals surface area contributed by atoms with Crippen molar-refractivity contribution in [1.82, 2.24) is 9.80 Å². The van der Waals surface area contributed by atoms with E-state index in [-0.39, 0.29) is 19.1 Å². The Hall–Kier alpha value is -2.61. The highest BCUT2D eigenvalue weighted by Gasteiger charge is 2.24. The molecule has 1 heterocycles. The number of esters is 1. The molecule has 0 aliphatic carbocycles. The fourth-order valence-electron chi connectivity index (χ4n) is 2.36. The van der Waals surface area contributed by atoms with Crippen molar-refractivity contribution in [3.8, 4) is 0 Å². The molecule has 1 aliphatic heterocycles. The number of nitrogens with two attached hydrogens (primary N) is 1. The van der Waals surface area contributed by atoms with Crippen molar-refractivity contribution in [1.29, 1.82) is 0 Å². The van der Waals surface area contributed by atoms with E-state index in [2.05, 4.69) is 4.74 Å². The first-order valence-electron chi connectivity index (χ1n) is 7.62. The maximum absolute atomic E-state index is 12.0. The van der Waals surface area contributed by atoms with E-state index in [0.29, 0.717) is 31.7 Å². The van der Waals surface area contributed by atoms with Gasteiger partial charge in [0.1, 0.15) is 6.61 Å². The van der Waals surface area contributed by atoms with Gasteiger partial charge in [-0.05, 0) is 17.7 Å². The summed E-state index contributed by atoms with van der Waals surface area (Å²) in [6.07, 6.45) is -0.424. The first-order valence-corrected chi connectivity index (χ1v) is 7.62. The van der Waals surface area contributed by atoms with Gasteiger partial charge >= 0.3 is 12.1 Å². The first-order chi connectivity index (χ1) is 11.5.